The highest BCUT2D eigenvalue weighted by Crippen LogP contribution is 2.32. The Morgan fingerprint density at radius 2 is 2.20 bits per heavy atom. The molecule has 25 heavy (non-hydrogen) atoms. The first-order chi connectivity index (χ1) is 12.1. The number of aromatic amines is 1. The molecule has 3 amide bonds. The number of aromatic nitrogens is 2. The van der Waals surface area contributed by atoms with Crippen LogP contribution < -0.4 is 10.0 Å². The van der Waals surface area contributed by atoms with Crippen molar-refractivity contribution in [1.29, 1.82) is 0 Å². The number of urea groups is 1. The number of nitrogens with one attached hydrogen (secondary N) is 3. The van der Waals surface area contributed by atoms with Gasteiger partial charge in [0, 0.05) is 24.9 Å². The summed E-state index contributed by atoms with van der Waals surface area (Å²) in [5.41, 5.74) is 1.15. The third kappa shape index (κ3) is 5.74. The number of H-pyrrole nitrogens is 1. The van der Waals surface area contributed by atoms with Gasteiger partial charge in [-0.2, -0.15) is 0 Å². The molecule has 1 aliphatic carbocycles. The van der Waals surface area contributed by atoms with Gasteiger partial charge in [0.1, 0.15) is 12.4 Å². The summed E-state index contributed by atoms with van der Waals surface area (Å²) in [6.45, 7) is 3.01. The van der Waals surface area contributed by atoms with Crippen molar-refractivity contribution in [2.45, 2.75) is 51.5 Å². The van der Waals surface area contributed by atoms with Crippen LogP contribution in [-0.4, -0.2) is 45.6 Å². The summed E-state index contributed by atoms with van der Waals surface area (Å²) in [6.07, 6.45) is 8.79. The molecule has 0 aromatic carbocycles. The van der Waals surface area contributed by atoms with Gasteiger partial charge >= 0.3 is 6.03 Å². The molecule has 2 fully saturated rings. The maximum atomic E-state index is 11.4. The maximum Gasteiger partial charge on any atom is 0.324 e. The summed E-state index contributed by atoms with van der Waals surface area (Å²) in [5.74, 6) is 2.79. The first kappa shape index (κ1) is 18.3. The van der Waals surface area contributed by atoms with Gasteiger partial charge in [0.15, 0.2) is 0 Å². The average Bonchev–Trinajstić information content (AvgIpc) is 3.16. The Labute approximate surface area is 152 Å². The van der Waals surface area contributed by atoms with E-state index in [1.54, 1.807) is 16.8 Å². The lowest BCUT2D eigenvalue weighted by Crippen LogP contribution is -2.29. The van der Waals surface area contributed by atoms with Gasteiger partial charge in [-0.1, -0.05) is 18.4 Å². The minimum Gasteiger partial charge on any atom is -0.345 e. The van der Waals surface area contributed by atoms with Crippen LogP contribution in [0.2, 0.25) is 0 Å². The Bertz CT molecular complexity index is 602. The van der Waals surface area contributed by atoms with Crippen molar-refractivity contribution in [3.63, 3.8) is 0 Å². The molecule has 1 saturated heterocycles. The molecule has 2 heterocycles. The predicted octanol–water partition coefficient (Wildman–Crippen LogP) is 2.38. The monoisotopic (exact) mass is 365 g/mol. The Morgan fingerprint density at radius 1 is 1.36 bits per heavy atom. The molecule has 0 bridgehead atoms. The molecule has 1 aromatic rings. The van der Waals surface area contributed by atoms with Crippen molar-refractivity contribution in [1.82, 2.24) is 24.9 Å². The average molecular weight is 366 g/mol. The number of amides is 3. The summed E-state index contributed by atoms with van der Waals surface area (Å²) in [5, 5.41) is 2.30. The highest BCUT2D eigenvalue weighted by molar-refractivity contribution is 7.97. The van der Waals surface area contributed by atoms with E-state index in [-0.39, 0.29) is 24.5 Å². The number of imide groups is 1. The van der Waals surface area contributed by atoms with E-state index in [1.807, 2.05) is 6.20 Å². The molecule has 1 atom stereocenters. The quantitative estimate of drug-likeness (QED) is 0.318. The molecule has 1 aromatic heterocycles. The van der Waals surface area contributed by atoms with Gasteiger partial charge in [-0.15, -0.1) is 0 Å². The van der Waals surface area contributed by atoms with Crippen molar-refractivity contribution in [2.24, 2.45) is 5.92 Å². The molecule has 2 aliphatic rings. The Hall–Kier alpha value is -1.54. The number of carbonyl (C=O) groups excluding carboxylic acids is 2. The van der Waals surface area contributed by atoms with E-state index >= 15 is 0 Å². The van der Waals surface area contributed by atoms with Crippen molar-refractivity contribution in [3.05, 3.63) is 17.7 Å². The molecule has 7 nitrogen and oxygen atoms in total. The van der Waals surface area contributed by atoms with Crippen molar-refractivity contribution in [3.8, 4) is 0 Å². The zero-order valence-corrected chi connectivity index (χ0v) is 15.5. The van der Waals surface area contributed by atoms with Gasteiger partial charge in [-0.25, -0.2) is 9.78 Å². The zero-order chi connectivity index (χ0) is 17.6. The van der Waals surface area contributed by atoms with Crippen LogP contribution in [-0.2, 0) is 11.2 Å². The molecular weight excluding hydrogens is 338 g/mol. The van der Waals surface area contributed by atoms with Crippen LogP contribution in [0.25, 0.3) is 0 Å². The van der Waals surface area contributed by atoms with E-state index in [4.69, 9.17) is 0 Å². The number of hydrogen-bond acceptors (Lipinski definition) is 5. The summed E-state index contributed by atoms with van der Waals surface area (Å²) >= 11 is 1.73. The largest absolute Gasteiger partial charge is 0.345 e. The highest BCUT2D eigenvalue weighted by Gasteiger charge is 2.25. The van der Waals surface area contributed by atoms with E-state index in [0.717, 1.165) is 48.9 Å². The molecule has 0 radical (unpaired) electrons. The number of carbonyl (C=O) groups is 2. The minimum absolute atomic E-state index is 0.196. The van der Waals surface area contributed by atoms with Gasteiger partial charge in [0.05, 0.1) is 11.7 Å². The SMILES string of the molecule is CC(NSCCCCCN1CC(=O)NC1=O)c1cnc(CC2CC2)[nH]1. The summed E-state index contributed by atoms with van der Waals surface area (Å²) in [7, 11) is 0. The van der Waals surface area contributed by atoms with E-state index < -0.39 is 0 Å². The van der Waals surface area contributed by atoms with Crippen LogP contribution in [0.3, 0.4) is 0 Å². The molecule has 1 saturated carbocycles. The van der Waals surface area contributed by atoms with Gasteiger partial charge in [-0.3, -0.25) is 14.8 Å². The molecule has 1 aliphatic heterocycles. The first-order valence-electron chi connectivity index (χ1n) is 9.11. The van der Waals surface area contributed by atoms with Crippen LogP contribution in [0.5, 0.6) is 0 Å². The number of unbranched alkanes of at least 4 members (excludes halogenated alkanes) is 2. The molecule has 8 heteroatoms. The summed E-state index contributed by atoms with van der Waals surface area (Å²) < 4.78 is 3.45. The zero-order valence-electron chi connectivity index (χ0n) is 14.7. The van der Waals surface area contributed by atoms with Crippen molar-refractivity contribution >= 4 is 23.9 Å². The normalized spacial score (nSPS) is 18.7. The van der Waals surface area contributed by atoms with Crippen molar-refractivity contribution < 1.29 is 9.59 Å². The van der Waals surface area contributed by atoms with Crippen LogP contribution in [0.4, 0.5) is 4.79 Å². The second-order valence-electron chi connectivity index (χ2n) is 6.96. The van der Waals surface area contributed by atoms with Crippen LogP contribution in [0.15, 0.2) is 6.20 Å². The molecule has 3 rings (SSSR count). The van der Waals surface area contributed by atoms with Crippen LogP contribution in [0, 0.1) is 5.92 Å². The van der Waals surface area contributed by atoms with Crippen LogP contribution >= 0.6 is 11.9 Å². The molecule has 0 spiro atoms. The lowest BCUT2D eigenvalue weighted by atomic mass is 10.2. The predicted molar refractivity (Wildman–Crippen MR) is 98.0 cm³/mol. The fourth-order valence-electron chi connectivity index (χ4n) is 2.86. The lowest BCUT2D eigenvalue weighted by Gasteiger charge is -2.13. The first-order valence-corrected chi connectivity index (χ1v) is 10.1. The number of hydrogen-bond donors (Lipinski definition) is 3. The van der Waals surface area contributed by atoms with Crippen molar-refractivity contribution in [2.75, 3.05) is 18.8 Å². The number of rotatable bonds is 11. The Morgan fingerprint density at radius 3 is 2.92 bits per heavy atom. The molecule has 138 valence electrons. The Kier molecular flexibility index (Phi) is 6.36. The molecular formula is C17H27N5O2S. The van der Waals surface area contributed by atoms with E-state index in [9.17, 15) is 9.59 Å². The Balaban J connectivity index is 1.22. The fraction of sp³-hybridized carbons (Fsp3) is 0.706. The van der Waals surface area contributed by atoms with Gasteiger partial charge in [-0.05, 0) is 38.5 Å². The van der Waals surface area contributed by atoms with E-state index in [2.05, 4.69) is 26.9 Å². The number of nitrogens with zero attached hydrogens (tertiary/aromatic N) is 2. The maximum absolute atomic E-state index is 11.4. The third-order valence-corrected chi connectivity index (χ3v) is 5.61. The van der Waals surface area contributed by atoms with Gasteiger partial charge in [0.25, 0.3) is 0 Å². The smallest absolute Gasteiger partial charge is 0.324 e. The van der Waals surface area contributed by atoms with Gasteiger partial charge in [0.2, 0.25) is 5.91 Å². The minimum atomic E-state index is -0.254. The second-order valence-corrected chi connectivity index (χ2v) is 7.89. The summed E-state index contributed by atoms with van der Waals surface area (Å²) in [4.78, 5) is 32.0. The lowest BCUT2D eigenvalue weighted by molar-refractivity contribution is -0.118. The van der Waals surface area contributed by atoms with E-state index in [0.29, 0.717) is 6.54 Å². The second kappa shape index (κ2) is 8.71. The van der Waals surface area contributed by atoms with E-state index in [1.165, 1.54) is 12.8 Å². The molecule has 1 unspecified atom stereocenters. The number of imidazole rings is 1. The fourth-order valence-corrected chi connectivity index (χ4v) is 3.71. The third-order valence-electron chi connectivity index (χ3n) is 4.60. The van der Waals surface area contributed by atoms with Gasteiger partial charge < -0.3 is 9.88 Å². The molecule has 3 N–H and O–H groups in total. The standard InChI is InChI=1S/C17H27N5O2S/c1-12(14-10-18-15(19-14)9-13-5-6-13)21-25-8-4-2-3-7-22-11-16(23)20-17(22)24/h10,12-13,21H,2-9,11H2,1H3,(H,18,19)(H,20,23,24). The topological polar surface area (TPSA) is 90.1 Å². The summed E-state index contributed by atoms with van der Waals surface area (Å²) in [6, 6.07) is 0.000222. The highest BCUT2D eigenvalue weighted by atomic mass is 32.2. The van der Waals surface area contributed by atoms with Crippen LogP contribution in [0.1, 0.15) is 56.6 Å².